The van der Waals surface area contributed by atoms with E-state index >= 15 is 0 Å². The second-order valence-corrected chi connectivity index (χ2v) is 3.25. The first-order valence-electron chi connectivity index (χ1n) is 4.94. The molecule has 0 amide bonds. The third kappa shape index (κ3) is 3.27. The Labute approximate surface area is 106 Å². The second-order valence-electron chi connectivity index (χ2n) is 3.25. The molecular weight excluding hydrogens is 266 g/mol. The number of nitro groups is 1. The first-order chi connectivity index (χ1) is 8.90. The molecule has 9 heteroatoms. The third-order valence-electron chi connectivity index (χ3n) is 2.17. The van der Waals surface area contributed by atoms with Gasteiger partial charge in [0.1, 0.15) is 0 Å². The molecule has 0 atom stereocenters. The molecule has 104 valence electrons. The van der Waals surface area contributed by atoms with Crippen molar-refractivity contribution in [3.05, 3.63) is 27.8 Å². The number of benzene rings is 1. The molecule has 0 aliphatic heterocycles. The smallest absolute Gasteiger partial charge is 0.387 e. The summed E-state index contributed by atoms with van der Waals surface area (Å²) in [5.74, 6) is -1.41. The van der Waals surface area contributed by atoms with Gasteiger partial charge < -0.3 is 14.8 Å². The van der Waals surface area contributed by atoms with Crippen molar-refractivity contribution < 1.29 is 28.0 Å². The van der Waals surface area contributed by atoms with E-state index in [1.165, 1.54) is 7.05 Å². The van der Waals surface area contributed by atoms with E-state index in [4.69, 9.17) is 0 Å². The monoisotopic (exact) mass is 276 g/mol. The maximum absolute atomic E-state index is 12.2. The molecule has 0 heterocycles. The van der Waals surface area contributed by atoms with Crippen molar-refractivity contribution in [1.29, 1.82) is 0 Å². The van der Waals surface area contributed by atoms with Crippen LogP contribution in [0.5, 0.6) is 5.75 Å². The largest absolute Gasteiger partial charge is 0.465 e. The Morgan fingerprint density at radius 3 is 2.53 bits per heavy atom. The van der Waals surface area contributed by atoms with Gasteiger partial charge in [-0.2, -0.15) is 8.78 Å². The van der Waals surface area contributed by atoms with Crippen LogP contribution in [0.2, 0.25) is 0 Å². The van der Waals surface area contributed by atoms with Crippen molar-refractivity contribution >= 4 is 17.3 Å². The molecule has 0 aliphatic rings. The van der Waals surface area contributed by atoms with Gasteiger partial charge in [0.2, 0.25) is 0 Å². The molecule has 0 radical (unpaired) electrons. The number of methoxy groups -OCH3 is 1. The highest BCUT2D eigenvalue weighted by Gasteiger charge is 2.24. The molecular formula is C10H10F2N2O5. The minimum absolute atomic E-state index is 0.252. The van der Waals surface area contributed by atoms with Gasteiger partial charge >= 0.3 is 12.6 Å². The topological polar surface area (TPSA) is 90.7 Å². The molecule has 0 saturated carbocycles. The number of carbonyl (C=O) groups excluding carboxylic acids is 1. The number of hydrogen-bond donors (Lipinski definition) is 1. The van der Waals surface area contributed by atoms with E-state index in [9.17, 15) is 23.7 Å². The number of hydrogen-bond acceptors (Lipinski definition) is 6. The molecule has 0 aliphatic carbocycles. The summed E-state index contributed by atoms with van der Waals surface area (Å²) in [7, 11) is 2.37. The molecule has 1 aromatic rings. The van der Waals surface area contributed by atoms with E-state index in [2.05, 4.69) is 14.8 Å². The van der Waals surface area contributed by atoms with Gasteiger partial charge in [0, 0.05) is 13.1 Å². The van der Waals surface area contributed by atoms with Crippen LogP contribution in [0.4, 0.5) is 20.2 Å². The van der Waals surface area contributed by atoms with Crippen LogP contribution in [-0.4, -0.2) is 31.7 Å². The zero-order valence-electron chi connectivity index (χ0n) is 9.98. The summed E-state index contributed by atoms with van der Waals surface area (Å²) in [6.45, 7) is -3.18. The van der Waals surface area contributed by atoms with Crippen LogP contribution in [0, 0.1) is 10.1 Å². The molecule has 0 aromatic heterocycles. The molecule has 19 heavy (non-hydrogen) atoms. The van der Waals surface area contributed by atoms with Crippen molar-refractivity contribution in [2.75, 3.05) is 19.5 Å². The lowest BCUT2D eigenvalue weighted by atomic mass is 10.1. The molecule has 0 saturated heterocycles. The van der Waals surface area contributed by atoms with Crippen LogP contribution < -0.4 is 10.1 Å². The maximum atomic E-state index is 12.2. The van der Waals surface area contributed by atoms with E-state index in [1.54, 1.807) is 0 Å². The summed E-state index contributed by atoms with van der Waals surface area (Å²) in [4.78, 5) is 21.3. The van der Waals surface area contributed by atoms with Gasteiger partial charge in [-0.1, -0.05) is 0 Å². The highest BCUT2D eigenvalue weighted by molar-refractivity contribution is 5.92. The SMILES string of the molecule is CNc1c(OC(F)F)cc(C(=O)OC)cc1[N+](=O)[O-]. The van der Waals surface area contributed by atoms with Crippen molar-refractivity contribution in [3.8, 4) is 5.75 Å². The van der Waals surface area contributed by atoms with Crippen molar-refractivity contribution in [3.63, 3.8) is 0 Å². The van der Waals surface area contributed by atoms with Gasteiger partial charge in [-0.05, 0) is 6.07 Å². The fraction of sp³-hybridized carbons (Fsp3) is 0.300. The highest BCUT2D eigenvalue weighted by Crippen LogP contribution is 2.36. The molecule has 1 rings (SSSR count). The number of nitro benzene ring substituents is 1. The Morgan fingerprint density at radius 2 is 2.11 bits per heavy atom. The van der Waals surface area contributed by atoms with Crippen LogP contribution >= 0.6 is 0 Å². The van der Waals surface area contributed by atoms with Crippen molar-refractivity contribution in [1.82, 2.24) is 0 Å². The lowest BCUT2D eigenvalue weighted by molar-refractivity contribution is -0.384. The van der Waals surface area contributed by atoms with Gasteiger partial charge in [0.05, 0.1) is 17.6 Å². The van der Waals surface area contributed by atoms with Crippen LogP contribution in [0.15, 0.2) is 12.1 Å². The lowest BCUT2D eigenvalue weighted by Gasteiger charge is -2.12. The molecule has 0 spiro atoms. The van der Waals surface area contributed by atoms with Crippen LogP contribution in [0.25, 0.3) is 0 Å². The molecule has 0 fully saturated rings. The number of ether oxygens (including phenoxy) is 2. The van der Waals surface area contributed by atoms with E-state index in [-0.39, 0.29) is 11.3 Å². The molecule has 0 bridgehead atoms. The second kappa shape index (κ2) is 5.94. The van der Waals surface area contributed by atoms with Gasteiger partial charge in [0.15, 0.2) is 11.4 Å². The zero-order chi connectivity index (χ0) is 14.6. The summed E-state index contributed by atoms with van der Waals surface area (Å²) >= 11 is 0. The Balaban J connectivity index is 3.44. The lowest BCUT2D eigenvalue weighted by Crippen LogP contribution is -2.09. The van der Waals surface area contributed by atoms with E-state index < -0.39 is 28.9 Å². The number of anilines is 1. The fourth-order valence-electron chi connectivity index (χ4n) is 1.42. The number of rotatable bonds is 5. The molecule has 7 nitrogen and oxygen atoms in total. The number of alkyl halides is 2. The first-order valence-corrected chi connectivity index (χ1v) is 4.94. The predicted octanol–water partition coefficient (Wildman–Crippen LogP) is 2.02. The van der Waals surface area contributed by atoms with Crippen molar-refractivity contribution in [2.45, 2.75) is 6.61 Å². The maximum Gasteiger partial charge on any atom is 0.387 e. The zero-order valence-corrected chi connectivity index (χ0v) is 9.98. The normalized spacial score (nSPS) is 10.2. The Bertz CT molecular complexity index is 507. The minimum Gasteiger partial charge on any atom is -0.465 e. The Kier molecular flexibility index (Phi) is 4.56. The van der Waals surface area contributed by atoms with Gasteiger partial charge in [-0.15, -0.1) is 0 Å². The van der Waals surface area contributed by atoms with Crippen LogP contribution in [0.1, 0.15) is 10.4 Å². The van der Waals surface area contributed by atoms with E-state index in [0.717, 1.165) is 19.2 Å². The predicted molar refractivity (Wildman–Crippen MR) is 60.6 cm³/mol. The van der Waals surface area contributed by atoms with E-state index in [1.807, 2.05) is 0 Å². The highest BCUT2D eigenvalue weighted by atomic mass is 19.3. The Hall–Kier alpha value is -2.45. The number of carbonyl (C=O) groups is 1. The third-order valence-corrected chi connectivity index (χ3v) is 2.17. The number of nitrogens with one attached hydrogen (secondary N) is 1. The van der Waals surface area contributed by atoms with Gasteiger partial charge in [-0.3, -0.25) is 10.1 Å². The van der Waals surface area contributed by atoms with Crippen LogP contribution in [-0.2, 0) is 4.74 Å². The summed E-state index contributed by atoms with van der Waals surface area (Å²) in [5, 5.41) is 13.2. The quantitative estimate of drug-likeness (QED) is 0.502. The molecule has 0 unspecified atom stereocenters. The summed E-state index contributed by atoms with van der Waals surface area (Å²) in [5.41, 5.74) is -1.08. The first kappa shape index (κ1) is 14.6. The summed E-state index contributed by atoms with van der Waals surface area (Å²) in [6.07, 6.45) is 0. The number of halogens is 2. The molecule has 1 aromatic carbocycles. The minimum atomic E-state index is -3.18. The summed E-state index contributed by atoms with van der Waals surface area (Å²) < 4.78 is 33.0. The number of nitrogens with zero attached hydrogens (tertiary/aromatic N) is 1. The number of esters is 1. The van der Waals surface area contributed by atoms with Gasteiger partial charge in [-0.25, -0.2) is 4.79 Å². The van der Waals surface area contributed by atoms with E-state index in [0.29, 0.717) is 0 Å². The summed E-state index contributed by atoms with van der Waals surface area (Å²) in [6, 6.07) is 1.85. The van der Waals surface area contributed by atoms with Crippen molar-refractivity contribution in [2.24, 2.45) is 0 Å². The van der Waals surface area contributed by atoms with Crippen LogP contribution in [0.3, 0.4) is 0 Å². The average molecular weight is 276 g/mol. The van der Waals surface area contributed by atoms with Gasteiger partial charge in [0.25, 0.3) is 5.69 Å². The Morgan fingerprint density at radius 1 is 1.47 bits per heavy atom. The molecule has 1 N–H and O–H groups in total. The standard InChI is InChI=1S/C10H10F2N2O5/c1-13-8-6(14(16)17)3-5(9(15)18-2)4-7(8)19-10(11)12/h3-4,10,13H,1-2H3. The fourth-order valence-corrected chi connectivity index (χ4v) is 1.42. The average Bonchev–Trinajstić information content (AvgIpc) is 2.35.